The molecule has 0 saturated carbocycles. The summed E-state index contributed by atoms with van der Waals surface area (Å²) in [6.45, 7) is 2.95. The second-order valence-electron chi connectivity index (χ2n) is 5.89. The Bertz CT molecular complexity index is 1110. The van der Waals surface area contributed by atoms with Gasteiger partial charge >= 0.3 is 0 Å². The van der Waals surface area contributed by atoms with Crippen LogP contribution in [0.2, 0.25) is 0 Å². The van der Waals surface area contributed by atoms with Crippen molar-refractivity contribution in [2.75, 3.05) is 7.05 Å². The summed E-state index contributed by atoms with van der Waals surface area (Å²) in [6.07, 6.45) is 0. The fourth-order valence-corrected chi connectivity index (χ4v) is 3.56. The lowest BCUT2D eigenvalue weighted by Gasteiger charge is -2.09. The molecule has 3 aromatic carbocycles. The number of carbonyl (C=O) groups excluding carboxylic acids is 1. The number of fused-ring (bicyclic) bond motifs is 5. The van der Waals surface area contributed by atoms with Crippen LogP contribution in [0.3, 0.4) is 0 Å². The first-order valence-corrected chi connectivity index (χ1v) is 8.04. The van der Waals surface area contributed by atoms with Crippen molar-refractivity contribution in [3.05, 3.63) is 54.1 Å². The Labute approximate surface area is 139 Å². The predicted octanol–water partition coefficient (Wildman–Crippen LogP) is 4.03. The van der Waals surface area contributed by atoms with Crippen LogP contribution in [0.15, 0.2) is 48.5 Å². The van der Waals surface area contributed by atoms with Crippen molar-refractivity contribution in [1.29, 1.82) is 0 Å². The lowest BCUT2D eigenvalue weighted by molar-refractivity contribution is 0.0960. The monoisotopic (exact) mass is 318 g/mol. The molecule has 1 amide bonds. The topological polar surface area (TPSA) is 54.3 Å². The number of nitrogens with zero attached hydrogens (tertiary/aromatic N) is 1. The Morgan fingerprint density at radius 3 is 2.62 bits per heavy atom. The van der Waals surface area contributed by atoms with Gasteiger partial charge in [0.2, 0.25) is 0 Å². The molecule has 0 aliphatic rings. The number of para-hydroxylation sites is 1. The van der Waals surface area contributed by atoms with E-state index < -0.39 is 0 Å². The summed E-state index contributed by atoms with van der Waals surface area (Å²) in [7, 11) is 1.56. The number of aromatic nitrogens is 1. The molecule has 0 spiro atoms. The minimum atomic E-state index is -0.287. The van der Waals surface area contributed by atoms with Crippen molar-refractivity contribution in [3.8, 4) is 5.75 Å². The molecule has 24 heavy (non-hydrogen) atoms. The highest BCUT2D eigenvalue weighted by Crippen LogP contribution is 2.36. The molecule has 0 saturated heterocycles. The zero-order valence-electron chi connectivity index (χ0n) is 13.6. The largest absolute Gasteiger partial charge is 0.507 e. The summed E-state index contributed by atoms with van der Waals surface area (Å²) in [5.41, 5.74) is 2.57. The molecule has 0 aliphatic carbocycles. The second-order valence-corrected chi connectivity index (χ2v) is 5.89. The maximum atomic E-state index is 11.9. The standard InChI is InChI=1S/C20H18N2O2/c1-3-22-17-7-5-4-6-13(17)14-9-8-12-10-16(20(24)21-2)18(23)11-15(12)19(14)22/h4-11,23H,3H2,1-2H3,(H,21,24). The van der Waals surface area contributed by atoms with Crippen LogP contribution in [0.5, 0.6) is 5.75 Å². The molecule has 1 aromatic heterocycles. The molecule has 0 atom stereocenters. The van der Waals surface area contributed by atoms with Crippen LogP contribution >= 0.6 is 0 Å². The van der Waals surface area contributed by atoms with Gasteiger partial charge in [0.05, 0.1) is 11.1 Å². The number of phenolic OH excluding ortho intramolecular Hbond substituents is 1. The molecule has 0 fully saturated rings. The third kappa shape index (κ3) is 1.89. The van der Waals surface area contributed by atoms with E-state index in [9.17, 15) is 9.90 Å². The fraction of sp³-hybridized carbons (Fsp3) is 0.150. The van der Waals surface area contributed by atoms with Crippen molar-refractivity contribution >= 4 is 38.5 Å². The van der Waals surface area contributed by atoms with Gasteiger partial charge in [-0.25, -0.2) is 0 Å². The van der Waals surface area contributed by atoms with E-state index in [1.807, 2.05) is 18.2 Å². The van der Waals surface area contributed by atoms with Gasteiger partial charge in [-0.2, -0.15) is 0 Å². The Hall–Kier alpha value is -3.01. The van der Waals surface area contributed by atoms with E-state index in [0.717, 1.165) is 28.2 Å². The molecule has 4 nitrogen and oxygen atoms in total. The molecular formula is C20H18N2O2. The number of nitrogens with one attached hydrogen (secondary N) is 1. The van der Waals surface area contributed by atoms with Gasteiger partial charge in [0.15, 0.2) is 0 Å². The molecule has 2 N–H and O–H groups in total. The number of amides is 1. The minimum Gasteiger partial charge on any atom is -0.507 e. The van der Waals surface area contributed by atoms with Gasteiger partial charge in [0.25, 0.3) is 5.91 Å². The van der Waals surface area contributed by atoms with Gasteiger partial charge in [-0.15, -0.1) is 0 Å². The van der Waals surface area contributed by atoms with Crippen LogP contribution < -0.4 is 5.32 Å². The number of aromatic hydroxyl groups is 1. The average molecular weight is 318 g/mol. The van der Waals surface area contributed by atoms with Crippen molar-refractivity contribution in [3.63, 3.8) is 0 Å². The zero-order chi connectivity index (χ0) is 16.8. The van der Waals surface area contributed by atoms with Crippen LogP contribution in [0.1, 0.15) is 17.3 Å². The number of rotatable bonds is 2. The summed E-state index contributed by atoms with van der Waals surface area (Å²) in [4.78, 5) is 11.9. The van der Waals surface area contributed by atoms with Crippen molar-refractivity contribution in [2.45, 2.75) is 13.5 Å². The van der Waals surface area contributed by atoms with Crippen molar-refractivity contribution in [2.24, 2.45) is 0 Å². The minimum absolute atomic E-state index is 0.00209. The van der Waals surface area contributed by atoms with Crippen LogP contribution in [0, 0.1) is 0 Å². The molecule has 0 unspecified atom stereocenters. The summed E-state index contributed by atoms with van der Waals surface area (Å²) < 4.78 is 2.26. The molecule has 120 valence electrons. The van der Waals surface area contributed by atoms with Gasteiger partial charge in [0, 0.05) is 35.3 Å². The normalized spacial score (nSPS) is 11.4. The van der Waals surface area contributed by atoms with E-state index in [1.54, 1.807) is 19.2 Å². The van der Waals surface area contributed by atoms with E-state index in [1.165, 1.54) is 10.9 Å². The molecule has 4 rings (SSSR count). The molecule has 0 radical (unpaired) electrons. The van der Waals surface area contributed by atoms with Crippen LogP contribution in [-0.4, -0.2) is 22.6 Å². The first-order valence-electron chi connectivity index (χ1n) is 8.04. The summed E-state index contributed by atoms with van der Waals surface area (Å²) in [6, 6.07) is 15.9. The first-order chi connectivity index (χ1) is 11.7. The summed E-state index contributed by atoms with van der Waals surface area (Å²) >= 11 is 0. The van der Waals surface area contributed by atoms with E-state index >= 15 is 0 Å². The average Bonchev–Trinajstić information content (AvgIpc) is 2.94. The maximum absolute atomic E-state index is 11.9. The first kappa shape index (κ1) is 14.6. The van der Waals surface area contributed by atoms with Gasteiger partial charge in [-0.05, 0) is 30.5 Å². The molecule has 0 bridgehead atoms. The number of aryl methyl sites for hydroxylation is 1. The lowest BCUT2D eigenvalue weighted by Crippen LogP contribution is -2.17. The van der Waals surface area contributed by atoms with Gasteiger partial charge in [-0.1, -0.05) is 30.3 Å². The number of hydrogen-bond donors (Lipinski definition) is 2. The Morgan fingerprint density at radius 1 is 1.08 bits per heavy atom. The lowest BCUT2D eigenvalue weighted by atomic mass is 10.0. The van der Waals surface area contributed by atoms with Gasteiger partial charge < -0.3 is 15.0 Å². The zero-order valence-corrected chi connectivity index (χ0v) is 13.6. The number of carbonyl (C=O) groups is 1. The quantitative estimate of drug-likeness (QED) is 0.586. The number of benzene rings is 3. The highest BCUT2D eigenvalue weighted by atomic mass is 16.3. The highest BCUT2D eigenvalue weighted by Gasteiger charge is 2.16. The SMILES string of the molecule is CCn1c2ccccc2c2ccc3cc(C(=O)NC)c(O)cc3c21. The number of hydrogen-bond acceptors (Lipinski definition) is 2. The summed E-state index contributed by atoms with van der Waals surface area (Å²) in [5, 5.41) is 17.2. The van der Waals surface area contributed by atoms with E-state index in [-0.39, 0.29) is 11.7 Å². The van der Waals surface area contributed by atoms with Gasteiger partial charge in [0.1, 0.15) is 5.75 Å². The molecule has 0 aliphatic heterocycles. The molecule has 1 heterocycles. The highest BCUT2D eigenvalue weighted by molar-refractivity contribution is 6.18. The third-order valence-electron chi connectivity index (χ3n) is 4.65. The Balaban J connectivity index is 2.18. The van der Waals surface area contributed by atoms with Crippen molar-refractivity contribution in [1.82, 2.24) is 9.88 Å². The molecule has 4 heteroatoms. The Morgan fingerprint density at radius 2 is 1.88 bits per heavy atom. The third-order valence-corrected chi connectivity index (χ3v) is 4.65. The van der Waals surface area contributed by atoms with Gasteiger partial charge in [-0.3, -0.25) is 4.79 Å². The van der Waals surface area contributed by atoms with E-state index in [2.05, 4.69) is 35.0 Å². The fourth-order valence-electron chi connectivity index (χ4n) is 3.56. The molecule has 4 aromatic rings. The maximum Gasteiger partial charge on any atom is 0.254 e. The van der Waals surface area contributed by atoms with Crippen LogP contribution in [-0.2, 0) is 6.54 Å². The number of phenols is 1. The van der Waals surface area contributed by atoms with Crippen LogP contribution in [0.4, 0.5) is 0 Å². The second kappa shape index (κ2) is 5.27. The predicted molar refractivity (Wildman–Crippen MR) is 97.7 cm³/mol. The summed E-state index contributed by atoms with van der Waals surface area (Å²) in [5.74, 6) is -0.284. The Kier molecular flexibility index (Phi) is 3.20. The van der Waals surface area contributed by atoms with E-state index in [0.29, 0.717) is 5.56 Å². The van der Waals surface area contributed by atoms with Crippen molar-refractivity contribution < 1.29 is 9.90 Å². The van der Waals surface area contributed by atoms with E-state index in [4.69, 9.17) is 0 Å². The smallest absolute Gasteiger partial charge is 0.254 e. The van der Waals surface area contributed by atoms with Crippen LogP contribution in [0.25, 0.3) is 32.6 Å². The molecular weight excluding hydrogens is 300 g/mol.